The lowest BCUT2D eigenvalue weighted by Gasteiger charge is -2.41. The van der Waals surface area contributed by atoms with E-state index in [1.54, 1.807) is 14.2 Å². The van der Waals surface area contributed by atoms with Crippen LogP contribution >= 0.6 is 0 Å². The number of rotatable bonds is 6. The maximum atomic E-state index is 6.07. The lowest BCUT2D eigenvalue weighted by molar-refractivity contribution is -0.129. The molecule has 0 aliphatic carbocycles. The van der Waals surface area contributed by atoms with Crippen molar-refractivity contribution in [2.75, 3.05) is 33.9 Å². The Kier molecular flexibility index (Phi) is 5.58. The summed E-state index contributed by atoms with van der Waals surface area (Å²) >= 11 is 0. The van der Waals surface area contributed by atoms with Gasteiger partial charge in [0.05, 0.1) is 0 Å². The van der Waals surface area contributed by atoms with Gasteiger partial charge in [0.15, 0.2) is 6.29 Å². The zero-order chi connectivity index (χ0) is 15.3. The third kappa shape index (κ3) is 3.74. The summed E-state index contributed by atoms with van der Waals surface area (Å²) in [7, 11) is 3.32. The number of fused-ring (bicyclic) bond motifs is 1. The van der Waals surface area contributed by atoms with Gasteiger partial charge in [-0.2, -0.15) is 0 Å². The van der Waals surface area contributed by atoms with Gasteiger partial charge >= 0.3 is 0 Å². The van der Waals surface area contributed by atoms with E-state index in [0.717, 1.165) is 25.3 Å². The van der Waals surface area contributed by atoms with Gasteiger partial charge < -0.3 is 19.9 Å². The van der Waals surface area contributed by atoms with Crippen molar-refractivity contribution in [3.63, 3.8) is 0 Å². The Hall–Kier alpha value is -1.14. The highest BCUT2D eigenvalue weighted by molar-refractivity contribution is 5.34. The summed E-state index contributed by atoms with van der Waals surface area (Å²) in [5.41, 5.74) is 7.07. The Morgan fingerprint density at radius 1 is 1.33 bits per heavy atom. The molecule has 0 aromatic heterocycles. The van der Waals surface area contributed by atoms with Crippen molar-refractivity contribution < 1.29 is 14.2 Å². The molecule has 1 atom stereocenters. The van der Waals surface area contributed by atoms with Crippen molar-refractivity contribution in [3.05, 3.63) is 29.8 Å². The summed E-state index contributed by atoms with van der Waals surface area (Å²) in [6.45, 7) is 5.02. The van der Waals surface area contributed by atoms with E-state index in [4.69, 9.17) is 19.9 Å². The fraction of sp³-hybridized carbons (Fsp3) is 0.625. The average Bonchev–Trinajstić information content (AvgIpc) is 2.75. The molecule has 0 saturated carbocycles. The number of methoxy groups -OCH3 is 2. The van der Waals surface area contributed by atoms with Gasteiger partial charge in [0, 0.05) is 51.4 Å². The normalized spacial score (nSPS) is 18.7. The van der Waals surface area contributed by atoms with Crippen molar-refractivity contribution >= 4 is 0 Å². The largest absolute Gasteiger partial charge is 0.492 e. The quantitative estimate of drug-likeness (QED) is 0.808. The van der Waals surface area contributed by atoms with Crippen LogP contribution < -0.4 is 10.5 Å². The SMILES string of the molecule is COC(CC(C)(CN)N1CCOc2ccccc2C1)OC. The lowest BCUT2D eigenvalue weighted by Crippen LogP contribution is -2.54. The second-order valence-corrected chi connectivity index (χ2v) is 5.68. The first-order valence-electron chi connectivity index (χ1n) is 7.34. The lowest BCUT2D eigenvalue weighted by atomic mass is 9.94. The fourth-order valence-electron chi connectivity index (χ4n) is 2.75. The van der Waals surface area contributed by atoms with Crippen LogP contribution in [0, 0.1) is 0 Å². The molecular formula is C16H26N2O3. The van der Waals surface area contributed by atoms with Gasteiger partial charge in [-0.1, -0.05) is 18.2 Å². The Morgan fingerprint density at radius 3 is 2.71 bits per heavy atom. The molecule has 5 nitrogen and oxygen atoms in total. The van der Waals surface area contributed by atoms with E-state index in [-0.39, 0.29) is 11.8 Å². The first-order chi connectivity index (χ1) is 10.1. The minimum Gasteiger partial charge on any atom is -0.492 e. The molecule has 2 rings (SSSR count). The van der Waals surface area contributed by atoms with Crippen LogP contribution in [-0.2, 0) is 16.0 Å². The molecule has 2 N–H and O–H groups in total. The minimum atomic E-state index is -0.252. The van der Waals surface area contributed by atoms with Crippen molar-refractivity contribution in [3.8, 4) is 5.75 Å². The molecule has 0 amide bonds. The van der Waals surface area contributed by atoms with Gasteiger partial charge in [-0.3, -0.25) is 4.90 Å². The van der Waals surface area contributed by atoms with Crippen molar-refractivity contribution in [2.24, 2.45) is 5.73 Å². The summed E-state index contributed by atoms with van der Waals surface area (Å²) < 4.78 is 16.5. The molecule has 0 bridgehead atoms. The summed E-state index contributed by atoms with van der Waals surface area (Å²) in [5.74, 6) is 0.967. The van der Waals surface area contributed by atoms with Crippen LogP contribution in [0.3, 0.4) is 0 Å². The van der Waals surface area contributed by atoms with E-state index in [1.165, 1.54) is 5.56 Å². The minimum absolute atomic E-state index is 0.197. The zero-order valence-electron chi connectivity index (χ0n) is 13.2. The van der Waals surface area contributed by atoms with Gasteiger partial charge in [0.25, 0.3) is 0 Å². The van der Waals surface area contributed by atoms with E-state index in [2.05, 4.69) is 17.9 Å². The standard InChI is InChI=1S/C16H26N2O3/c1-16(12-17,10-15(19-2)20-3)18-8-9-21-14-7-5-4-6-13(14)11-18/h4-7,15H,8-12,17H2,1-3H3. The van der Waals surface area contributed by atoms with Gasteiger partial charge in [0.1, 0.15) is 12.4 Å². The number of ether oxygens (including phenoxy) is 3. The Labute approximate surface area is 127 Å². The van der Waals surface area contributed by atoms with Crippen LogP contribution in [0.25, 0.3) is 0 Å². The Balaban J connectivity index is 2.18. The molecule has 5 heteroatoms. The van der Waals surface area contributed by atoms with E-state index in [9.17, 15) is 0 Å². The van der Waals surface area contributed by atoms with Crippen molar-refractivity contribution in [1.82, 2.24) is 4.90 Å². The van der Waals surface area contributed by atoms with Crippen LogP contribution in [0.15, 0.2) is 24.3 Å². The molecule has 1 aliphatic heterocycles. The molecule has 21 heavy (non-hydrogen) atoms. The third-order valence-electron chi connectivity index (χ3n) is 4.29. The molecule has 1 unspecified atom stereocenters. The molecule has 1 heterocycles. The summed E-state index contributed by atoms with van der Waals surface area (Å²) in [6, 6.07) is 8.17. The average molecular weight is 294 g/mol. The highest BCUT2D eigenvalue weighted by atomic mass is 16.7. The first-order valence-corrected chi connectivity index (χ1v) is 7.34. The van der Waals surface area contributed by atoms with Crippen LogP contribution in [-0.4, -0.2) is 50.6 Å². The second-order valence-electron chi connectivity index (χ2n) is 5.68. The molecule has 118 valence electrons. The maximum absolute atomic E-state index is 6.07. The van der Waals surface area contributed by atoms with Crippen LogP contribution in [0.2, 0.25) is 0 Å². The topological polar surface area (TPSA) is 57.0 Å². The third-order valence-corrected chi connectivity index (χ3v) is 4.29. The molecular weight excluding hydrogens is 268 g/mol. The smallest absolute Gasteiger partial charge is 0.158 e. The van der Waals surface area contributed by atoms with E-state index in [0.29, 0.717) is 13.2 Å². The molecule has 1 aromatic rings. The van der Waals surface area contributed by atoms with Gasteiger partial charge in [-0.15, -0.1) is 0 Å². The number of para-hydroxylation sites is 1. The highest BCUT2D eigenvalue weighted by Crippen LogP contribution is 2.29. The summed E-state index contributed by atoms with van der Waals surface area (Å²) in [4.78, 5) is 2.36. The van der Waals surface area contributed by atoms with Gasteiger partial charge in [-0.05, 0) is 13.0 Å². The predicted octanol–water partition coefficient (Wildman–Crippen LogP) is 1.61. The summed E-state index contributed by atoms with van der Waals surface area (Å²) in [5, 5.41) is 0. The van der Waals surface area contributed by atoms with Crippen LogP contribution in [0.1, 0.15) is 18.9 Å². The van der Waals surface area contributed by atoms with E-state index in [1.807, 2.05) is 18.2 Å². The monoisotopic (exact) mass is 294 g/mol. The maximum Gasteiger partial charge on any atom is 0.158 e. The van der Waals surface area contributed by atoms with Gasteiger partial charge in [-0.25, -0.2) is 0 Å². The molecule has 1 aliphatic rings. The van der Waals surface area contributed by atoms with Crippen molar-refractivity contribution in [2.45, 2.75) is 31.7 Å². The molecule has 0 radical (unpaired) electrons. The fourth-order valence-corrected chi connectivity index (χ4v) is 2.75. The molecule has 0 spiro atoms. The predicted molar refractivity (Wildman–Crippen MR) is 82.2 cm³/mol. The zero-order valence-corrected chi connectivity index (χ0v) is 13.2. The van der Waals surface area contributed by atoms with E-state index >= 15 is 0 Å². The Bertz CT molecular complexity index is 451. The number of nitrogens with two attached hydrogens (primary N) is 1. The first kappa shape index (κ1) is 16.2. The number of hydrogen-bond donors (Lipinski definition) is 1. The number of hydrogen-bond acceptors (Lipinski definition) is 5. The highest BCUT2D eigenvalue weighted by Gasteiger charge is 2.35. The Morgan fingerprint density at radius 2 is 2.05 bits per heavy atom. The van der Waals surface area contributed by atoms with Crippen LogP contribution in [0.4, 0.5) is 0 Å². The summed E-state index contributed by atoms with van der Waals surface area (Å²) in [6.07, 6.45) is 0.469. The van der Waals surface area contributed by atoms with E-state index < -0.39 is 0 Å². The molecule has 0 saturated heterocycles. The molecule has 0 fully saturated rings. The van der Waals surface area contributed by atoms with Crippen LogP contribution in [0.5, 0.6) is 5.75 Å². The van der Waals surface area contributed by atoms with Crippen molar-refractivity contribution in [1.29, 1.82) is 0 Å². The number of benzene rings is 1. The second kappa shape index (κ2) is 7.22. The van der Waals surface area contributed by atoms with Gasteiger partial charge in [0.2, 0.25) is 0 Å². The molecule has 1 aromatic carbocycles. The number of nitrogens with zero attached hydrogens (tertiary/aromatic N) is 1.